The van der Waals surface area contributed by atoms with Crippen molar-refractivity contribution in [2.75, 3.05) is 6.54 Å². The molecule has 3 nitrogen and oxygen atoms in total. The van der Waals surface area contributed by atoms with Crippen molar-refractivity contribution >= 4 is 5.97 Å². The lowest BCUT2D eigenvalue weighted by molar-refractivity contribution is -0.149. The minimum Gasteiger partial charge on any atom is -0.481 e. The average molecular weight is 233 g/mol. The van der Waals surface area contributed by atoms with Crippen LogP contribution in [0, 0.1) is 18.3 Å². The van der Waals surface area contributed by atoms with E-state index in [4.69, 9.17) is 5.73 Å². The van der Waals surface area contributed by atoms with Crippen LogP contribution < -0.4 is 5.73 Å². The van der Waals surface area contributed by atoms with E-state index >= 15 is 0 Å². The molecule has 0 aromatic heterocycles. The Morgan fingerprint density at radius 3 is 2.59 bits per heavy atom. The van der Waals surface area contributed by atoms with Gasteiger partial charge < -0.3 is 10.8 Å². The molecule has 1 aromatic rings. The van der Waals surface area contributed by atoms with E-state index in [2.05, 4.69) is 0 Å². The van der Waals surface area contributed by atoms with E-state index < -0.39 is 11.4 Å². The van der Waals surface area contributed by atoms with Gasteiger partial charge in [-0.2, -0.15) is 0 Å². The second kappa shape index (κ2) is 4.49. The van der Waals surface area contributed by atoms with Gasteiger partial charge in [-0.15, -0.1) is 0 Å². The molecule has 0 saturated heterocycles. The van der Waals surface area contributed by atoms with Gasteiger partial charge in [0.1, 0.15) is 0 Å². The van der Waals surface area contributed by atoms with Crippen molar-refractivity contribution in [3.63, 3.8) is 0 Å². The molecule has 1 fully saturated rings. The summed E-state index contributed by atoms with van der Waals surface area (Å²) in [6.07, 6.45) is 2.54. The first kappa shape index (κ1) is 12.1. The van der Waals surface area contributed by atoms with Crippen LogP contribution in [0.3, 0.4) is 0 Å². The Morgan fingerprint density at radius 1 is 1.47 bits per heavy atom. The highest BCUT2D eigenvalue weighted by Gasteiger charge is 2.50. The van der Waals surface area contributed by atoms with Crippen LogP contribution in [0.15, 0.2) is 24.3 Å². The zero-order chi connectivity index (χ0) is 12.5. The molecule has 92 valence electrons. The first-order valence-electron chi connectivity index (χ1n) is 6.08. The van der Waals surface area contributed by atoms with Gasteiger partial charge in [0.2, 0.25) is 0 Å². The summed E-state index contributed by atoms with van der Waals surface area (Å²) in [5.41, 5.74) is 7.26. The smallest absolute Gasteiger partial charge is 0.311 e. The van der Waals surface area contributed by atoms with E-state index in [9.17, 15) is 9.90 Å². The predicted octanol–water partition coefficient (Wildman–Crippen LogP) is 1.98. The van der Waals surface area contributed by atoms with Gasteiger partial charge in [-0.1, -0.05) is 24.3 Å². The van der Waals surface area contributed by atoms with Crippen molar-refractivity contribution < 1.29 is 9.90 Å². The third kappa shape index (κ3) is 2.20. The Kier molecular flexibility index (Phi) is 3.20. The molecule has 0 bridgehead atoms. The molecule has 1 aliphatic rings. The highest BCUT2D eigenvalue weighted by molar-refractivity contribution is 5.76. The second-order valence-corrected chi connectivity index (χ2v) is 5.04. The van der Waals surface area contributed by atoms with Crippen LogP contribution in [-0.2, 0) is 11.2 Å². The van der Waals surface area contributed by atoms with Gasteiger partial charge in [0.05, 0.1) is 5.41 Å². The highest BCUT2D eigenvalue weighted by atomic mass is 16.4. The van der Waals surface area contributed by atoms with Gasteiger partial charge in [-0.25, -0.2) is 0 Å². The monoisotopic (exact) mass is 233 g/mol. The Balaban J connectivity index is 2.30. The molecule has 1 aromatic carbocycles. The first-order valence-corrected chi connectivity index (χ1v) is 6.08. The third-order valence-electron chi connectivity index (χ3n) is 3.92. The standard InChI is InChI=1S/C14H19NO2/c1-10-4-2-3-5-11(10)8-14(9-15,13(16)17)12-6-7-12/h2-5,12H,6-9,15H2,1H3,(H,16,17). The summed E-state index contributed by atoms with van der Waals surface area (Å²) in [6, 6.07) is 7.95. The number of rotatable bonds is 5. The minimum atomic E-state index is -0.758. The predicted molar refractivity (Wildman–Crippen MR) is 66.7 cm³/mol. The van der Waals surface area contributed by atoms with Gasteiger partial charge in [-0.3, -0.25) is 4.79 Å². The quantitative estimate of drug-likeness (QED) is 0.817. The zero-order valence-electron chi connectivity index (χ0n) is 10.1. The largest absolute Gasteiger partial charge is 0.481 e. The molecule has 2 rings (SSSR count). The van der Waals surface area contributed by atoms with Crippen molar-refractivity contribution in [3.8, 4) is 0 Å². The maximum absolute atomic E-state index is 11.6. The van der Waals surface area contributed by atoms with Gasteiger partial charge in [0.25, 0.3) is 0 Å². The molecule has 1 unspecified atom stereocenters. The molecule has 3 heteroatoms. The fraction of sp³-hybridized carbons (Fsp3) is 0.500. The van der Waals surface area contributed by atoms with E-state index in [0.29, 0.717) is 6.42 Å². The van der Waals surface area contributed by atoms with E-state index in [1.54, 1.807) is 0 Å². The number of nitrogens with two attached hydrogens (primary N) is 1. The summed E-state index contributed by atoms with van der Waals surface area (Å²) in [5.74, 6) is -0.490. The molecule has 3 N–H and O–H groups in total. The maximum Gasteiger partial charge on any atom is 0.311 e. The van der Waals surface area contributed by atoms with Gasteiger partial charge >= 0.3 is 5.97 Å². The number of hydrogen-bond acceptors (Lipinski definition) is 2. The fourth-order valence-corrected chi connectivity index (χ4v) is 2.50. The van der Waals surface area contributed by atoms with Crippen molar-refractivity contribution in [2.45, 2.75) is 26.2 Å². The molecule has 1 saturated carbocycles. The zero-order valence-corrected chi connectivity index (χ0v) is 10.1. The number of aryl methyl sites for hydroxylation is 1. The van der Waals surface area contributed by atoms with Gasteiger partial charge in [-0.05, 0) is 43.2 Å². The third-order valence-corrected chi connectivity index (χ3v) is 3.92. The summed E-state index contributed by atoms with van der Waals surface area (Å²) in [4.78, 5) is 11.6. The van der Waals surface area contributed by atoms with Crippen molar-refractivity contribution in [1.29, 1.82) is 0 Å². The molecule has 17 heavy (non-hydrogen) atoms. The second-order valence-electron chi connectivity index (χ2n) is 5.04. The maximum atomic E-state index is 11.6. The lowest BCUT2D eigenvalue weighted by atomic mass is 9.76. The molecule has 0 aliphatic heterocycles. The first-order chi connectivity index (χ1) is 8.10. The Bertz CT molecular complexity index is 426. The molecule has 0 heterocycles. The Hall–Kier alpha value is -1.35. The summed E-state index contributed by atoms with van der Waals surface area (Å²) < 4.78 is 0. The SMILES string of the molecule is Cc1ccccc1CC(CN)(C(=O)O)C1CC1. The summed E-state index contributed by atoms with van der Waals surface area (Å²) in [6.45, 7) is 2.24. The van der Waals surface area contributed by atoms with E-state index in [1.165, 1.54) is 0 Å². The van der Waals surface area contributed by atoms with Crippen molar-refractivity contribution in [1.82, 2.24) is 0 Å². The molecular formula is C14H19NO2. The Labute approximate surface area is 102 Å². The number of carboxylic acid groups (broad SMARTS) is 1. The molecule has 0 amide bonds. The molecule has 0 radical (unpaired) electrons. The van der Waals surface area contributed by atoms with Crippen LogP contribution in [-0.4, -0.2) is 17.6 Å². The van der Waals surface area contributed by atoms with Crippen LogP contribution in [0.2, 0.25) is 0 Å². The minimum absolute atomic E-state index is 0.224. The van der Waals surface area contributed by atoms with E-state index in [1.807, 2.05) is 31.2 Å². The summed E-state index contributed by atoms with van der Waals surface area (Å²) >= 11 is 0. The average Bonchev–Trinajstić information content (AvgIpc) is 3.12. The number of hydrogen-bond donors (Lipinski definition) is 2. The number of carboxylic acids is 1. The molecule has 0 spiro atoms. The van der Waals surface area contributed by atoms with Gasteiger partial charge in [0.15, 0.2) is 0 Å². The van der Waals surface area contributed by atoms with Gasteiger partial charge in [0, 0.05) is 6.54 Å². The van der Waals surface area contributed by atoms with Crippen LogP contribution in [0.4, 0.5) is 0 Å². The number of benzene rings is 1. The Morgan fingerprint density at radius 2 is 2.12 bits per heavy atom. The molecular weight excluding hydrogens is 214 g/mol. The lowest BCUT2D eigenvalue weighted by Crippen LogP contribution is -2.42. The lowest BCUT2D eigenvalue weighted by Gasteiger charge is -2.28. The normalized spacial score (nSPS) is 18.7. The number of aliphatic carboxylic acids is 1. The van der Waals surface area contributed by atoms with Crippen LogP contribution in [0.5, 0.6) is 0 Å². The molecule has 1 atom stereocenters. The summed E-state index contributed by atoms with van der Waals surface area (Å²) in [5, 5.41) is 9.51. The summed E-state index contributed by atoms with van der Waals surface area (Å²) in [7, 11) is 0. The van der Waals surface area contributed by atoms with E-state index in [0.717, 1.165) is 24.0 Å². The fourth-order valence-electron chi connectivity index (χ4n) is 2.50. The van der Waals surface area contributed by atoms with Crippen LogP contribution >= 0.6 is 0 Å². The molecule has 1 aliphatic carbocycles. The number of carbonyl (C=O) groups is 1. The van der Waals surface area contributed by atoms with Crippen molar-refractivity contribution in [2.24, 2.45) is 17.1 Å². The van der Waals surface area contributed by atoms with Crippen molar-refractivity contribution in [3.05, 3.63) is 35.4 Å². The highest BCUT2D eigenvalue weighted by Crippen LogP contribution is 2.47. The topological polar surface area (TPSA) is 63.3 Å². The van der Waals surface area contributed by atoms with Crippen LogP contribution in [0.25, 0.3) is 0 Å². The van der Waals surface area contributed by atoms with E-state index in [-0.39, 0.29) is 12.5 Å². The van der Waals surface area contributed by atoms with Crippen LogP contribution in [0.1, 0.15) is 24.0 Å².